The molecule has 1 fully saturated rings. The summed E-state index contributed by atoms with van der Waals surface area (Å²) in [6.07, 6.45) is 3.36. The van der Waals surface area contributed by atoms with E-state index in [1.54, 1.807) is 6.92 Å². The molecule has 1 aromatic rings. The first-order chi connectivity index (χ1) is 17.4. The lowest BCUT2D eigenvalue weighted by molar-refractivity contribution is -0.139. The number of alkyl halides is 3. The number of rotatable bonds is 9. The van der Waals surface area contributed by atoms with E-state index in [9.17, 15) is 18.0 Å². The highest BCUT2D eigenvalue weighted by Gasteiger charge is 2.34. The normalized spacial score (nSPS) is 23.0. The first-order valence-corrected chi connectivity index (χ1v) is 13.3. The molecule has 0 bridgehead atoms. The van der Waals surface area contributed by atoms with Crippen LogP contribution < -0.4 is 10.1 Å². The molecule has 0 aromatic heterocycles. The molecule has 1 heterocycles. The predicted octanol–water partition coefficient (Wildman–Crippen LogP) is 6.35. The minimum atomic E-state index is -4.31. The molecular formula is C28H37F3N2O3S. The molecule has 2 N–H and O–H groups in total. The van der Waals surface area contributed by atoms with E-state index in [0.29, 0.717) is 28.3 Å². The molecule has 5 nitrogen and oxygen atoms in total. The summed E-state index contributed by atoms with van der Waals surface area (Å²) in [5.41, 5.74) is 2.21. The van der Waals surface area contributed by atoms with Crippen molar-refractivity contribution in [2.75, 3.05) is 13.2 Å². The molecule has 0 saturated carbocycles. The number of ether oxygens (including phenoxy) is 1. The van der Waals surface area contributed by atoms with Crippen LogP contribution in [0.15, 0.2) is 41.5 Å². The van der Waals surface area contributed by atoms with Gasteiger partial charge in [0.05, 0.1) is 16.6 Å². The molecule has 0 radical (unpaired) electrons. The van der Waals surface area contributed by atoms with Gasteiger partial charge in [0, 0.05) is 12.6 Å². The summed E-state index contributed by atoms with van der Waals surface area (Å²) in [6, 6.07) is 6.08. The highest BCUT2D eigenvalue weighted by molar-refractivity contribution is 7.80. The van der Waals surface area contributed by atoms with Gasteiger partial charge in [-0.15, -0.1) is 0 Å². The van der Waals surface area contributed by atoms with Crippen molar-refractivity contribution < 1.29 is 27.8 Å². The number of aliphatic carboxylic acids is 1. The van der Waals surface area contributed by atoms with Crippen molar-refractivity contribution in [2.24, 2.45) is 5.92 Å². The highest BCUT2D eigenvalue weighted by Crippen LogP contribution is 2.32. The zero-order chi connectivity index (χ0) is 27.2. The summed E-state index contributed by atoms with van der Waals surface area (Å²) in [7, 11) is 0. The Morgan fingerprint density at radius 1 is 1.27 bits per heavy atom. The van der Waals surface area contributed by atoms with Gasteiger partial charge in [-0.2, -0.15) is 13.2 Å². The minimum absolute atomic E-state index is 0.180. The number of nitrogens with one attached hydrogen (secondary N) is 1. The average Bonchev–Trinajstić information content (AvgIpc) is 2.97. The number of nitrogens with zero attached hydrogens (tertiary/aromatic N) is 1. The van der Waals surface area contributed by atoms with Crippen LogP contribution in [0, 0.1) is 12.8 Å². The van der Waals surface area contributed by atoms with Crippen LogP contribution in [0.2, 0.25) is 0 Å². The maximum absolute atomic E-state index is 13.0. The summed E-state index contributed by atoms with van der Waals surface area (Å²) in [5.74, 6) is 0.112. The molecule has 1 saturated heterocycles. The number of carboxylic acid groups (broad SMARTS) is 1. The molecule has 1 aliphatic carbocycles. The van der Waals surface area contributed by atoms with Crippen molar-refractivity contribution in [2.45, 2.75) is 84.1 Å². The zero-order valence-electron chi connectivity index (χ0n) is 21.7. The van der Waals surface area contributed by atoms with Gasteiger partial charge in [0.25, 0.3) is 0 Å². The molecule has 1 aromatic carbocycles. The van der Waals surface area contributed by atoms with Gasteiger partial charge < -0.3 is 15.2 Å². The maximum atomic E-state index is 13.0. The van der Waals surface area contributed by atoms with Crippen LogP contribution in [0.1, 0.15) is 63.5 Å². The summed E-state index contributed by atoms with van der Waals surface area (Å²) >= 11 is 5.55. The van der Waals surface area contributed by atoms with E-state index >= 15 is 0 Å². The van der Waals surface area contributed by atoms with Crippen molar-refractivity contribution >= 4 is 23.2 Å². The average molecular weight is 539 g/mol. The fourth-order valence-electron chi connectivity index (χ4n) is 5.24. The Morgan fingerprint density at radius 2 is 2.03 bits per heavy atom. The predicted molar refractivity (Wildman–Crippen MR) is 143 cm³/mol. The van der Waals surface area contributed by atoms with E-state index in [-0.39, 0.29) is 19.1 Å². The number of benzene rings is 1. The van der Waals surface area contributed by atoms with E-state index in [1.807, 2.05) is 19.1 Å². The van der Waals surface area contributed by atoms with Crippen LogP contribution >= 0.6 is 12.2 Å². The van der Waals surface area contributed by atoms with Crippen LogP contribution in [0.25, 0.3) is 0 Å². The molecule has 37 heavy (non-hydrogen) atoms. The molecule has 0 amide bonds. The number of hydrogen-bond donors (Lipinski definition) is 2. The quantitative estimate of drug-likeness (QED) is 0.357. The van der Waals surface area contributed by atoms with Crippen molar-refractivity contribution in [3.8, 4) is 5.75 Å². The molecule has 0 spiro atoms. The number of allylic oxidation sites excluding steroid dienone is 2. The maximum Gasteiger partial charge on any atom is 0.416 e. The van der Waals surface area contributed by atoms with Gasteiger partial charge in [-0.1, -0.05) is 29.9 Å². The minimum Gasteiger partial charge on any atom is -0.482 e. The van der Waals surface area contributed by atoms with Crippen LogP contribution in [0.5, 0.6) is 5.75 Å². The van der Waals surface area contributed by atoms with Gasteiger partial charge in [-0.05, 0) is 101 Å². The summed E-state index contributed by atoms with van der Waals surface area (Å²) in [5, 5.41) is 12.2. The number of carboxylic acids is 1. The Bertz CT molecular complexity index is 1040. The Labute approximate surface area is 222 Å². The van der Waals surface area contributed by atoms with Gasteiger partial charge in [0.1, 0.15) is 5.75 Å². The number of halogens is 3. The van der Waals surface area contributed by atoms with Gasteiger partial charge in [-0.3, -0.25) is 4.90 Å². The lowest BCUT2D eigenvalue weighted by Gasteiger charge is -2.28. The van der Waals surface area contributed by atoms with Crippen LogP contribution in [-0.4, -0.2) is 52.4 Å². The van der Waals surface area contributed by atoms with Crippen LogP contribution in [-0.2, 0) is 11.3 Å². The Kier molecular flexibility index (Phi) is 10.2. The third-order valence-electron chi connectivity index (χ3n) is 7.16. The second-order valence-corrected chi connectivity index (χ2v) is 10.8. The number of thiocarbonyl (C=S) groups is 1. The van der Waals surface area contributed by atoms with E-state index in [2.05, 4.69) is 23.2 Å². The summed E-state index contributed by atoms with van der Waals surface area (Å²) < 4.78 is 44.2. The SMILES string of the molecule is CC1=CC(C(F)(F)F)=CCC1NC(=S)CCC1CCCN(Cc2cc(C)cc(OCC(=O)O)c2)C(C)C1. The first kappa shape index (κ1) is 29.2. The summed E-state index contributed by atoms with van der Waals surface area (Å²) in [4.78, 5) is 14.0. The van der Waals surface area contributed by atoms with Crippen LogP contribution in [0.4, 0.5) is 13.2 Å². The van der Waals surface area contributed by atoms with Gasteiger partial charge >= 0.3 is 12.1 Å². The molecule has 3 atom stereocenters. The third kappa shape index (κ3) is 9.14. The fourth-order valence-corrected chi connectivity index (χ4v) is 5.50. The molecular weight excluding hydrogens is 501 g/mol. The Morgan fingerprint density at radius 3 is 2.70 bits per heavy atom. The van der Waals surface area contributed by atoms with Crippen LogP contribution in [0.3, 0.4) is 0 Å². The lowest BCUT2D eigenvalue weighted by Crippen LogP contribution is -2.36. The Hall–Kier alpha value is -2.39. The highest BCUT2D eigenvalue weighted by atomic mass is 32.1. The number of likely N-dealkylation sites (tertiary alicyclic amines) is 1. The van der Waals surface area contributed by atoms with Crippen molar-refractivity contribution in [1.29, 1.82) is 0 Å². The van der Waals surface area contributed by atoms with E-state index in [0.717, 1.165) is 56.3 Å². The van der Waals surface area contributed by atoms with Gasteiger partial charge in [0.2, 0.25) is 0 Å². The molecule has 3 unspecified atom stereocenters. The first-order valence-electron chi connectivity index (χ1n) is 12.8. The largest absolute Gasteiger partial charge is 0.482 e. The molecule has 204 valence electrons. The van der Waals surface area contributed by atoms with Gasteiger partial charge in [-0.25, -0.2) is 4.79 Å². The molecule has 3 rings (SSSR count). The number of hydrogen-bond acceptors (Lipinski definition) is 4. The van der Waals surface area contributed by atoms with Crippen molar-refractivity contribution in [1.82, 2.24) is 10.2 Å². The second kappa shape index (κ2) is 12.9. The standard InChI is InChI=1S/C28H37F3N2O3S/c1-18-11-22(15-24(12-18)36-17-27(34)35)16-33-10-4-5-21(14-20(33)3)6-9-26(37)32-25-8-7-23(13-19(25)2)28(29,30)31/h7,11-13,15,20-21,25H,4-6,8-10,14,16-17H2,1-3H3,(H,32,37)(H,34,35). The van der Waals surface area contributed by atoms with Crippen molar-refractivity contribution in [3.05, 3.63) is 52.6 Å². The molecule has 2 aliphatic rings. The number of aryl methyl sites for hydroxylation is 1. The second-order valence-electron chi connectivity index (χ2n) is 10.3. The lowest BCUT2D eigenvalue weighted by atomic mass is 9.92. The zero-order valence-corrected chi connectivity index (χ0v) is 22.6. The molecule has 1 aliphatic heterocycles. The molecule has 9 heteroatoms. The topological polar surface area (TPSA) is 61.8 Å². The fraction of sp³-hybridized carbons (Fsp3) is 0.571. The smallest absolute Gasteiger partial charge is 0.416 e. The summed E-state index contributed by atoms with van der Waals surface area (Å²) in [6.45, 7) is 7.35. The van der Waals surface area contributed by atoms with Gasteiger partial charge in [0.15, 0.2) is 6.61 Å². The monoisotopic (exact) mass is 538 g/mol. The van der Waals surface area contributed by atoms with Crippen molar-refractivity contribution in [3.63, 3.8) is 0 Å². The third-order valence-corrected chi connectivity index (χ3v) is 7.48. The van der Waals surface area contributed by atoms with E-state index < -0.39 is 17.7 Å². The Balaban J connectivity index is 1.48. The van der Waals surface area contributed by atoms with E-state index in [4.69, 9.17) is 22.1 Å². The van der Waals surface area contributed by atoms with E-state index in [1.165, 1.54) is 12.2 Å². The number of carbonyl (C=O) groups is 1.